The first-order chi connectivity index (χ1) is 12.4. The lowest BCUT2D eigenvalue weighted by molar-refractivity contribution is 0.0969. The van der Waals surface area contributed by atoms with Crippen molar-refractivity contribution in [3.8, 4) is 0 Å². The van der Waals surface area contributed by atoms with Gasteiger partial charge in [-0.1, -0.05) is 11.6 Å². The number of fused-ring (bicyclic) bond motifs is 2. The van der Waals surface area contributed by atoms with Crippen LogP contribution < -0.4 is 11.1 Å². The highest BCUT2D eigenvalue weighted by atomic mass is 32.1. The van der Waals surface area contributed by atoms with E-state index in [9.17, 15) is 4.79 Å². The van der Waals surface area contributed by atoms with Crippen molar-refractivity contribution in [2.24, 2.45) is 0 Å². The van der Waals surface area contributed by atoms with Crippen LogP contribution in [0.25, 0.3) is 10.2 Å². The number of amides is 1. The highest BCUT2D eigenvalue weighted by Gasteiger charge is 2.22. The Bertz CT molecular complexity index is 970. The number of likely N-dealkylation sites (N-methyl/N-ethyl adjacent to an activating group) is 1. The molecule has 0 saturated heterocycles. The van der Waals surface area contributed by atoms with Crippen LogP contribution in [0.15, 0.2) is 29.0 Å². The number of nitrogens with two attached hydrogens (primary N) is 1. The lowest BCUT2D eigenvalue weighted by Crippen LogP contribution is -2.27. The van der Waals surface area contributed by atoms with Crippen molar-refractivity contribution in [3.63, 3.8) is 0 Å². The fraction of sp³-hybridized carbons (Fsp3) is 0.400. The fourth-order valence-corrected chi connectivity index (χ4v) is 4.70. The van der Waals surface area contributed by atoms with Gasteiger partial charge >= 0.3 is 0 Å². The summed E-state index contributed by atoms with van der Waals surface area (Å²) in [6, 6.07) is 2.12. The van der Waals surface area contributed by atoms with Crippen molar-refractivity contribution in [2.45, 2.75) is 39.7 Å². The van der Waals surface area contributed by atoms with Gasteiger partial charge in [-0.15, -0.1) is 11.3 Å². The summed E-state index contributed by atoms with van der Waals surface area (Å²) in [5, 5.41) is 3.98. The monoisotopic (exact) mass is 368 g/mol. The third kappa shape index (κ3) is 3.04. The molecule has 0 saturated carbocycles. The minimum Gasteiger partial charge on any atom is -0.397 e. The molecule has 1 amide bonds. The number of carbonyl (C=O) groups excluding carboxylic acids is 1. The number of nitrogen functional groups attached to an aromatic ring is 1. The Morgan fingerprint density at radius 3 is 2.88 bits per heavy atom. The van der Waals surface area contributed by atoms with Gasteiger partial charge in [-0.2, -0.15) is 0 Å². The highest BCUT2D eigenvalue weighted by Crippen LogP contribution is 2.35. The van der Waals surface area contributed by atoms with Crippen LogP contribution in [0, 0.1) is 0 Å². The normalized spacial score (nSPS) is 18.0. The van der Waals surface area contributed by atoms with Gasteiger partial charge < -0.3 is 16.0 Å². The van der Waals surface area contributed by atoms with Crippen LogP contribution in [0.1, 0.15) is 47.6 Å². The first-order valence-electron chi connectivity index (χ1n) is 9.00. The number of nitrogens with one attached hydrogen (secondary N) is 1. The van der Waals surface area contributed by atoms with Crippen molar-refractivity contribution in [1.82, 2.24) is 15.2 Å². The molecule has 26 heavy (non-hydrogen) atoms. The lowest BCUT2D eigenvalue weighted by atomic mass is 9.98. The number of pyridine rings is 1. The van der Waals surface area contributed by atoms with Gasteiger partial charge in [0.15, 0.2) is 0 Å². The second-order valence-corrected chi connectivity index (χ2v) is 8.38. The maximum absolute atomic E-state index is 12.8. The largest absolute Gasteiger partial charge is 0.397 e. The summed E-state index contributed by atoms with van der Waals surface area (Å²) >= 11 is 1.40. The molecule has 2 aromatic rings. The van der Waals surface area contributed by atoms with Crippen LogP contribution in [0.4, 0.5) is 5.69 Å². The molecule has 5 nitrogen and oxygen atoms in total. The molecule has 0 fully saturated rings. The molecule has 0 spiro atoms. The van der Waals surface area contributed by atoms with Gasteiger partial charge in [0.2, 0.25) is 0 Å². The van der Waals surface area contributed by atoms with E-state index in [1.165, 1.54) is 22.5 Å². The average Bonchev–Trinajstić information content (AvgIpc) is 2.92. The van der Waals surface area contributed by atoms with Crippen LogP contribution in [0.5, 0.6) is 0 Å². The van der Waals surface area contributed by atoms with Crippen molar-refractivity contribution in [3.05, 3.63) is 45.1 Å². The van der Waals surface area contributed by atoms with Crippen LogP contribution in [0.2, 0.25) is 0 Å². The van der Waals surface area contributed by atoms with Gasteiger partial charge in [-0.3, -0.25) is 4.79 Å². The summed E-state index contributed by atoms with van der Waals surface area (Å²) in [6.45, 7) is 6.06. The quantitative estimate of drug-likeness (QED) is 0.849. The van der Waals surface area contributed by atoms with Gasteiger partial charge in [0.05, 0.1) is 5.69 Å². The number of anilines is 1. The minimum absolute atomic E-state index is 0.122. The zero-order valence-electron chi connectivity index (χ0n) is 15.5. The molecule has 0 bridgehead atoms. The Hall–Kier alpha value is -2.18. The molecule has 0 atom stereocenters. The molecular formula is C20H24N4OS. The van der Waals surface area contributed by atoms with E-state index in [1.807, 2.05) is 6.92 Å². The first kappa shape index (κ1) is 17.2. The van der Waals surface area contributed by atoms with E-state index >= 15 is 0 Å². The van der Waals surface area contributed by atoms with Crippen molar-refractivity contribution in [2.75, 3.05) is 19.3 Å². The van der Waals surface area contributed by atoms with Crippen molar-refractivity contribution < 1.29 is 4.79 Å². The number of allylic oxidation sites excluding steroid dienone is 4. The third-order valence-corrected chi connectivity index (χ3v) is 6.35. The van der Waals surface area contributed by atoms with Crippen molar-refractivity contribution >= 4 is 33.1 Å². The predicted molar refractivity (Wildman–Crippen MR) is 107 cm³/mol. The highest BCUT2D eigenvalue weighted by molar-refractivity contribution is 7.21. The average molecular weight is 369 g/mol. The lowest BCUT2D eigenvalue weighted by Gasteiger charge is -2.24. The zero-order chi connectivity index (χ0) is 18.4. The van der Waals surface area contributed by atoms with E-state index < -0.39 is 0 Å². The van der Waals surface area contributed by atoms with E-state index in [0.29, 0.717) is 10.6 Å². The van der Waals surface area contributed by atoms with Crippen LogP contribution in [-0.4, -0.2) is 29.4 Å². The van der Waals surface area contributed by atoms with E-state index in [-0.39, 0.29) is 5.91 Å². The molecule has 2 aromatic heterocycles. The molecular weight excluding hydrogens is 344 g/mol. The van der Waals surface area contributed by atoms with Crippen LogP contribution in [0.3, 0.4) is 0 Å². The Morgan fingerprint density at radius 2 is 2.12 bits per heavy atom. The summed E-state index contributed by atoms with van der Waals surface area (Å²) in [5.41, 5.74) is 12.7. The minimum atomic E-state index is -0.122. The molecule has 0 aromatic carbocycles. The Labute approximate surface area is 157 Å². The number of carbonyl (C=O) groups is 1. The number of rotatable bonds is 2. The van der Waals surface area contributed by atoms with Gasteiger partial charge in [0, 0.05) is 36.3 Å². The van der Waals surface area contributed by atoms with E-state index in [2.05, 4.69) is 36.3 Å². The second kappa shape index (κ2) is 6.52. The van der Waals surface area contributed by atoms with Crippen LogP contribution >= 0.6 is 11.3 Å². The summed E-state index contributed by atoms with van der Waals surface area (Å²) in [7, 11) is 2.11. The zero-order valence-corrected chi connectivity index (χ0v) is 16.3. The van der Waals surface area contributed by atoms with Gasteiger partial charge in [-0.25, -0.2) is 4.98 Å². The second-order valence-electron chi connectivity index (χ2n) is 7.39. The number of thiophene rings is 1. The van der Waals surface area contributed by atoms with E-state index in [1.54, 1.807) is 0 Å². The third-order valence-electron chi connectivity index (χ3n) is 5.24. The smallest absolute Gasteiger partial charge is 0.267 e. The topological polar surface area (TPSA) is 71.2 Å². The van der Waals surface area contributed by atoms with Crippen molar-refractivity contribution in [1.29, 1.82) is 0 Å². The molecule has 6 heteroatoms. The molecule has 4 rings (SSSR count). The maximum Gasteiger partial charge on any atom is 0.267 e. The fourth-order valence-electron chi connectivity index (χ4n) is 3.71. The molecule has 0 radical (unpaired) electrons. The molecule has 1 aliphatic heterocycles. The van der Waals surface area contributed by atoms with Gasteiger partial charge in [0.25, 0.3) is 5.91 Å². The van der Waals surface area contributed by atoms with Gasteiger partial charge in [-0.05, 0) is 50.9 Å². The molecule has 3 N–H and O–H groups in total. The molecule has 2 aliphatic rings. The number of hydrogen-bond acceptors (Lipinski definition) is 5. The molecule has 0 unspecified atom stereocenters. The van der Waals surface area contributed by atoms with Gasteiger partial charge in [0.1, 0.15) is 9.71 Å². The predicted octanol–water partition coefficient (Wildman–Crippen LogP) is 3.61. The molecule has 1 aliphatic carbocycles. The summed E-state index contributed by atoms with van der Waals surface area (Å²) < 4.78 is 0. The number of hydrogen-bond donors (Lipinski definition) is 2. The van der Waals surface area contributed by atoms with E-state index in [4.69, 9.17) is 10.7 Å². The summed E-state index contributed by atoms with van der Waals surface area (Å²) in [5.74, 6) is -0.122. The standard InChI is InChI=1S/C20H24N4OS/c1-11-4-5-15(12(2)8-11)22-19(25)18-17(21)14-9-13-10-24(3)7-6-16(13)23-20(14)26-18/h8-9H,4-7,10,21H2,1-3H3,(H,22,25). The SMILES string of the molecule is CC1=CC(C)=C(NC(=O)c2sc3nc4c(cc3c2N)CN(C)CC4)CC1. The molecule has 136 valence electrons. The Morgan fingerprint density at radius 1 is 1.31 bits per heavy atom. The maximum atomic E-state index is 12.8. The Kier molecular flexibility index (Phi) is 4.32. The number of aromatic nitrogens is 1. The summed E-state index contributed by atoms with van der Waals surface area (Å²) in [4.78, 5) is 21.3. The van der Waals surface area contributed by atoms with Crippen LogP contribution in [-0.2, 0) is 13.0 Å². The Balaban J connectivity index is 1.67. The summed E-state index contributed by atoms with van der Waals surface area (Å²) in [6.07, 6.45) is 4.93. The first-order valence-corrected chi connectivity index (χ1v) is 9.81. The van der Waals surface area contributed by atoms with E-state index in [0.717, 1.165) is 59.5 Å². The number of nitrogens with zero attached hydrogens (tertiary/aromatic N) is 2. The molecule has 3 heterocycles.